The van der Waals surface area contributed by atoms with Crippen molar-refractivity contribution in [2.24, 2.45) is 7.05 Å². The molecular weight excluding hydrogens is 154 g/mol. The molecule has 0 saturated carbocycles. The molecule has 12 heavy (non-hydrogen) atoms. The standard InChI is InChI=1S/C8H9N3O/c1-11-6-4-7(10-11)8(12)3-2-5-9/h4,6H,2-3H2,1H3. The van der Waals surface area contributed by atoms with Crippen molar-refractivity contribution in [1.82, 2.24) is 9.78 Å². The molecule has 0 atom stereocenters. The first kappa shape index (κ1) is 8.47. The maximum atomic E-state index is 11.2. The van der Waals surface area contributed by atoms with Gasteiger partial charge in [-0.15, -0.1) is 0 Å². The Labute approximate surface area is 70.4 Å². The lowest BCUT2D eigenvalue weighted by molar-refractivity contribution is 0.0978. The van der Waals surface area contributed by atoms with Gasteiger partial charge < -0.3 is 0 Å². The molecule has 4 nitrogen and oxygen atoms in total. The number of Topliss-reactive ketones (excluding diaryl/α,β-unsaturated/α-hetero) is 1. The first-order valence-electron chi connectivity index (χ1n) is 3.64. The van der Waals surface area contributed by atoms with Crippen LogP contribution in [0.25, 0.3) is 0 Å². The van der Waals surface area contributed by atoms with Crippen molar-refractivity contribution < 1.29 is 4.79 Å². The lowest BCUT2D eigenvalue weighted by Gasteiger charge is -1.90. The van der Waals surface area contributed by atoms with Gasteiger partial charge >= 0.3 is 0 Å². The summed E-state index contributed by atoms with van der Waals surface area (Å²) < 4.78 is 1.57. The Bertz CT molecular complexity index is 321. The van der Waals surface area contributed by atoms with E-state index in [1.807, 2.05) is 6.07 Å². The van der Waals surface area contributed by atoms with E-state index in [4.69, 9.17) is 5.26 Å². The number of aryl methyl sites for hydroxylation is 1. The van der Waals surface area contributed by atoms with Crippen LogP contribution in [0, 0.1) is 11.3 Å². The van der Waals surface area contributed by atoms with Gasteiger partial charge in [0.1, 0.15) is 5.69 Å². The van der Waals surface area contributed by atoms with E-state index in [2.05, 4.69) is 5.10 Å². The van der Waals surface area contributed by atoms with Gasteiger partial charge in [0.05, 0.1) is 6.07 Å². The Morgan fingerprint density at radius 2 is 2.58 bits per heavy atom. The fourth-order valence-electron chi connectivity index (χ4n) is 0.861. The van der Waals surface area contributed by atoms with Crippen LogP contribution < -0.4 is 0 Å². The van der Waals surface area contributed by atoms with E-state index in [-0.39, 0.29) is 18.6 Å². The molecule has 0 aliphatic carbocycles. The molecule has 0 fully saturated rings. The van der Waals surface area contributed by atoms with Gasteiger partial charge in [-0.05, 0) is 6.07 Å². The number of carbonyl (C=O) groups is 1. The SMILES string of the molecule is Cn1ccc(C(=O)CCC#N)n1. The molecule has 0 aliphatic rings. The summed E-state index contributed by atoms with van der Waals surface area (Å²) in [6.07, 6.45) is 2.22. The highest BCUT2D eigenvalue weighted by molar-refractivity contribution is 5.94. The minimum absolute atomic E-state index is 0.0721. The van der Waals surface area contributed by atoms with Crippen LogP contribution in [0.2, 0.25) is 0 Å². The Morgan fingerprint density at radius 3 is 3.08 bits per heavy atom. The number of rotatable bonds is 3. The lowest BCUT2D eigenvalue weighted by atomic mass is 10.2. The number of carbonyl (C=O) groups excluding carboxylic acids is 1. The number of nitrogens with zero attached hydrogens (tertiary/aromatic N) is 3. The van der Waals surface area contributed by atoms with Crippen molar-refractivity contribution in [2.75, 3.05) is 0 Å². The number of nitriles is 1. The Hall–Kier alpha value is -1.63. The maximum Gasteiger partial charge on any atom is 0.184 e. The zero-order valence-corrected chi connectivity index (χ0v) is 6.82. The molecule has 0 saturated heterocycles. The molecule has 62 valence electrons. The average Bonchev–Trinajstić information content (AvgIpc) is 2.47. The third-order valence-corrected chi connectivity index (χ3v) is 1.46. The van der Waals surface area contributed by atoms with E-state index in [1.54, 1.807) is 24.0 Å². The van der Waals surface area contributed by atoms with Crippen molar-refractivity contribution >= 4 is 5.78 Å². The normalized spacial score (nSPS) is 9.33. The zero-order valence-electron chi connectivity index (χ0n) is 6.82. The molecule has 0 amide bonds. The van der Waals surface area contributed by atoms with Crippen LogP contribution in [0.5, 0.6) is 0 Å². The van der Waals surface area contributed by atoms with Crippen molar-refractivity contribution in [3.8, 4) is 6.07 Å². The van der Waals surface area contributed by atoms with E-state index in [0.29, 0.717) is 5.69 Å². The number of ketones is 1. The molecule has 0 spiro atoms. The minimum atomic E-state index is -0.0721. The number of hydrogen-bond donors (Lipinski definition) is 0. The van der Waals surface area contributed by atoms with Gasteiger partial charge in [-0.1, -0.05) is 0 Å². The van der Waals surface area contributed by atoms with Gasteiger partial charge in [-0.2, -0.15) is 10.4 Å². The fourth-order valence-corrected chi connectivity index (χ4v) is 0.861. The number of aromatic nitrogens is 2. The lowest BCUT2D eigenvalue weighted by Crippen LogP contribution is -2.00. The largest absolute Gasteiger partial charge is 0.292 e. The quantitative estimate of drug-likeness (QED) is 0.622. The van der Waals surface area contributed by atoms with Crippen LogP contribution >= 0.6 is 0 Å². The summed E-state index contributed by atoms with van der Waals surface area (Å²) in [5, 5.41) is 12.2. The van der Waals surface area contributed by atoms with Crippen LogP contribution in [-0.2, 0) is 7.05 Å². The highest BCUT2D eigenvalue weighted by Gasteiger charge is 2.07. The van der Waals surface area contributed by atoms with E-state index in [0.717, 1.165) is 0 Å². The third kappa shape index (κ3) is 1.92. The van der Waals surface area contributed by atoms with Crippen molar-refractivity contribution in [1.29, 1.82) is 5.26 Å². The molecule has 0 aliphatic heterocycles. The summed E-state index contributed by atoms with van der Waals surface area (Å²) >= 11 is 0. The Kier molecular flexibility index (Phi) is 2.59. The van der Waals surface area contributed by atoms with Gasteiger partial charge in [-0.3, -0.25) is 9.48 Å². The van der Waals surface area contributed by atoms with Crippen LogP contribution in [0.4, 0.5) is 0 Å². The first-order chi connectivity index (χ1) is 5.74. The van der Waals surface area contributed by atoms with Gasteiger partial charge in [0, 0.05) is 26.1 Å². The van der Waals surface area contributed by atoms with Gasteiger partial charge in [0.25, 0.3) is 0 Å². The van der Waals surface area contributed by atoms with E-state index in [9.17, 15) is 4.79 Å². The molecule has 1 rings (SSSR count). The topological polar surface area (TPSA) is 58.7 Å². The summed E-state index contributed by atoms with van der Waals surface area (Å²) in [5.74, 6) is -0.0721. The molecule has 1 heterocycles. The maximum absolute atomic E-state index is 11.2. The zero-order chi connectivity index (χ0) is 8.97. The van der Waals surface area contributed by atoms with Crippen molar-refractivity contribution in [3.63, 3.8) is 0 Å². The highest BCUT2D eigenvalue weighted by atomic mass is 16.1. The molecule has 1 aromatic rings. The second kappa shape index (κ2) is 3.67. The summed E-state index contributed by atoms with van der Waals surface area (Å²) in [6.45, 7) is 0. The van der Waals surface area contributed by atoms with Crippen LogP contribution in [-0.4, -0.2) is 15.6 Å². The molecule has 1 aromatic heterocycles. The second-order valence-corrected chi connectivity index (χ2v) is 2.46. The fraction of sp³-hybridized carbons (Fsp3) is 0.375. The Morgan fingerprint density at radius 1 is 1.83 bits per heavy atom. The van der Waals surface area contributed by atoms with Crippen LogP contribution in [0.15, 0.2) is 12.3 Å². The van der Waals surface area contributed by atoms with Gasteiger partial charge in [-0.25, -0.2) is 0 Å². The molecule has 0 radical (unpaired) electrons. The van der Waals surface area contributed by atoms with Crippen molar-refractivity contribution in [2.45, 2.75) is 12.8 Å². The molecular formula is C8H9N3O. The predicted molar refractivity (Wildman–Crippen MR) is 42.4 cm³/mol. The molecule has 4 heteroatoms. The van der Waals surface area contributed by atoms with Crippen LogP contribution in [0.3, 0.4) is 0 Å². The van der Waals surface area contributed by atoms with E-state index < -0.39 is 0 Å². The first-order valence-corrected chi connectivity index (χ1v) is 3.64. The summed E-state index contributed by atoms with van der Waals surface area (Å²) in [4.78, 5) is 11.2. The smallest absolute Gasteiger partial charge is 0.184 e. The Balaban J connectivity index is 2.61. The molecule has 0 N–H and O–H groups in total. The molecule has 0 aromatic carbocycles. The summed E-state index contributed by atoms with van der Waals surface area (Å²) in [6, 6.07) is 3.57. The number of hydrogen-bond acceptors (Lipinski definition) is 3. The summed E-state index contributed by atoms with van der Waals surface area (Å²) in [7, 11) is 1.75. The third-order valence-electron chi connectivity index (χ3n) is 1.46. The average molecular weight is 163 g/mol. The second-order valence-electron chi connectivity index (χ2n) is 2.46. The predicted octanol–water partition coefficient (Wildman–Crippen LogP) is 0.907. The van der Waals surface area contributed by atoms with Crippen LogP contribution in [0.1, 0.15) is 23.3 Å². The molecule has 0 bridgehead atoms. The van der Waals surface area contributed by atoms with Crippen molar-refractivity contribution in [3.05, 3.63) is 18.0 Å². The van der Waals surface area contributed by atoms with E-state index >= 15 is 0 Å². The van der Waals surface area contributed by atoms with Gasteiger partial charge in [0.2, 0.25) is 0 Å². The molecule has 0 unspecified atom stereocenters. The minimum Gasteiger partial charge on any atom is -0.292 e. The monoisotopic (exact) mass is 163 g/mol. The highest BCUT2D eigenvalue weighted by Crippen LogP contribution is 2.01. The summed E-state index contributed by atoms with van der Waals surface area (Å²) in [5.41, 5.74) is 0.438. The van der Waals surface area contributed by atoms with E-state index in [1.165, 1.54) is 0 Å². The van der Waals surface area contributed by atoms with Gasteiger partial charge in [0.15, 0.2) is 5.78 Å².